The number of nitrogens with zero attached hydrogens (tertiary/aromatic N) is 3. The second-order valence-corrected chi connectivity index (χ2v) is 6.49. The normalized spacial score (nSPS) is 13.8. The predicted molar refractivity (Wildman–Crippen MR) is 103 cm³/mol. The molecule has 2 aromatic carbocycles. The number of carbonyl (C=O) groups is 1. The second-order valence-electron chi connectivity index (χ2n) is 6.49. The van der Waals surface area contributed by atoms with Crippen molar-refractivity contribution in [1.82, 2.24) is 14.7 Å². The molecule has 4 rings (SSSR count). The summed E-state index contributed by atoms with van der Waals surface area (Å²) in [6, 6.07) is 20.3. The van der Waals surface area contributed by atoms with Gasteiger partial charge in [-0.2, -0.15) is 5.10 Å². The minimum Gasteiger partial charge on any atom is -0.339 e. The highest BCUT2D eigenvalue weighted by molar-refractivity contribution is 5.93. The maximum absolute atomic E-state index is 12.2. The smallest absolute Gasteiger partial charge is 0.246 e. The molecule has 1 amide bonds. The lowest BCUT2D eigenvalue weighted by molar-refractivity contribution is -0.129. The highest BCUT2D eigenvalue weighted by Crippen LogP contribution is 2.23. The highest BCUT2D eigenvalue weighted by Gasteiger charge is 2.18. The predicted octanol–water partition coefficient (Wildman–Crippen LogP) is 3.84. The number of benzene rings is 2. The Morgan fingerprint density at radius 3 is 2.35 bits per heavy atom. The van der Waals surface area contributed by atoms with Crippen molar-refractivity contribution in [3.05, 3.63) is 84.1 Å². The highest BCUT2D eigenvalue weighted by atomic mass is 16.2. The summed E-state index contributed by atoms with van der Waals surface area (Å²) in [7, 11) is 0. The van der Waals surface area contributed by atoms with Gasteiger partial charge in [0.05, 0.1) is 12.2 Å². The molecule has 0 atom stereocenters. The molecular weight excluding hydrogens is 322 g/mol. The van der Waals surface area contributed by atoms with Crippen molar-refractivity contribution < 1.29 is 4.79 Å². The van der Waals surface area contributed by atoms with E-state index in [2.05, 4.69) is 12.1 Å². The van der Waals surface area contributed by atoms with Gasteiger partial charge < -0.3 is 4.90 Å². The summed E-state index contributed by atoms with van der Waals surface area (Å²) in [5.74, 6) is 0.0751. The fourth-order valence-corrected chi connectivity index (χ4v) is 3.03. The van der Waals surface area contributed by atoms with Crippen LogP contribution in [0.15, 0.2) is 72.9 Å². The molecular formula is C22H21N3O. The van der Waals surface area contributed by atoms with Crippen LogP contribution >= 0.6 is 0 Å². The molecule has 0 spiro atoms. The average molecular weight is 343 g/mol. The van der Waals surface area contributed by atoms with Crippen LogP contribution in [0.25, 0.3) is 17.3 Å². The van der Waals surface area contributed by atoms with Crippen LogP contribution in [-0.4, -0.2) is 33.7 Å². The van der Waals surface area contributed by atoms with Crippen LogP contribution in [0.1, 0.15) is 17.5 Å². The van der Waals surface area contributed by atoms with Crippen molar-refractivity contribution in [3.63, 3.8) is 0 Å². The zero-order valence-electron chi connectivity index (χ0n) is 14.6. The van der Waals surface area contributed by atoms with Crippen molar-refractivity contribution in [2.45, 2.75) is 13.0 Å². The Morgan fingerprint density at radius 1 is 1.00 bits per heavy atom. The first kappa shape index (κ1) is 16.3. The summed E-state index contributed by atoms with van der Waals surface area (Å²) in [5, 5.41) is 4.77. The van der Waals surface area contributed by atoms with E-state index in [4.69, 9.17) is 5.10 Å². The lowest BCUT2D eigenvalue weighted by atomic mass is 10.1. The average Bonchev–Trinajstić information content (AvgIpc) is 3.03. The lowest BCUT2D eigenvalue weighted by Crippen LogP contribution is -2.40. The zero-order valence-corrected chi connectivity index (χ0v) is 14.6. The molecule has 0 unspecified atom stereocenters. The molecule has 1 aromatic heterocycles. The Morgan fingerprint density at radius 2 is 1.69 bits per heavy atom. The van der Waals surface area contributed by atoms with Gasteiger partial charge >= 0.3 is 0 Å². The molecule has 0 aliphatic carbocycles. The second kappa shape index (κ2) is 7.40. The van der Waals surface area contributed by atoms with Crippen molar-refractivity contribution in [2.75, 3.05) is 13.1 Å². The lowest BCUT2D eigenvalue weighted by Gasteiger charge is -2.29. The maximum Gasteiger partial charge on any atom is 0.246 e. The molecule has 1 aliphatic rings. The fraction of sp³-hybridized carbons (Fsp3) is 0.182. The number of carbonyl (C=O) groups excluding carboxylic acids is 1. The number of hydrogen-bond donors (Lipinski definition) is 0. The van der Waals surface area contributed by atoms with Crippen molar-refractivity contribution in [1.29, 1.82) is 0 Å². The molecule has 2 heterocycles. The molecule has 3 aromatic rings. The third-order valence-corrected chi connectivity index (χ3v) is 4.60. The molecule has 0 radical (unpaired) electrons. The molecule has 0 N–H and O–H groups in total. The number of aromatic nitrogens is 2. The monoisotopic (exact) mass is 343 g/mol. The summed E-state index contributed by atoms with van der Waals surface area (Å²) in [6.45, 7) is 2.43. The van der Waals surface area contributed by atoms with E-state index in [1.54, 1.807) is 6.08 Å². The van der Waals surface area contributed by atoms with E-state index in [0.717, 1.165) is 36.3 Å². The molecule has 4 heteroatoms. The van der Waals surface area contributed by atoms with Gasteiger partial charge in [-0.1, -0.05) is 60.7 Å². The Kier molecular flexibility index (Phi) is 4.65. The third kappa shape index (κ3) is 3.59. The van der Waals surface area contributed by atoms with Crippen molar-refractivity contribution in [3.8, 4) is 11.3 Å². The Hall–Kier alpha value is -3.14. The molecule has 130 valence electrons. The van der Waals surface area contributed by atoms with E-state index >= 15 is 0 Å². The summed E-state index contributed by atoms with van der Waals surface area (Å²) in [5.41, 5.74) is 4.10. The maximum atomic E-state index is 12.2. The van der Waals surface area contributed by atoms with Crippen LogP contribution < -0.4 is 0 Å². The van der Waals surface area contributed by atoms with E-state index in [0.29, 0.717) is 6.54 Å². The van der Waals surface area contributed by atoms with E-state index < -0.39 is 0 Å². The molecule has 0 bridgehead atoms. The first-order valence-corrected chi connectivity index (χ1v) is 8.93. The van der Waals surface area contributed by atoms with Crippen LogP contribution in [0.4, 0.5) is 0 Å². The number of likely N-dealkylation sites (tertiary alicyclic amines) is 1. The Labute approximate surface area is 153 Å². The van der Waals surface area contributed by atoms with Gasteiger partial charge in [0.2, 0.25) is 5.91 Å². The number of hydrogen-bond acceptors (Lipinski definition) is 2. The van der Waals surface area contributed by atoms with E-state index in [-0.39, 0.29) is 5.91 Å². The minimum absolute atomic E-state index is 0.0751. The van der Waals surface area contributed by atoms with Gasteiger partial charge in [0.25, 0.3) is 0 Å². The van der Waals surface area contributed by atoms with Crippen LogP contribution in [0, 0.1) is 0 Å². The topological polar surface area (TPSA) is 38.1 Å². The summed E-state index contributed by atoms with van der Waals surface area (Å²) < 4.78 is 1.94. The van der Waals surface area contributed by atoms with Gasteiger partial charge in [0, 0.05) is 36.5 Å². The van der Waals surface area contributed by atoms with Gasteiger partial charge in [-0.15, -0.1) is 0 Å². The van der Waals surface area contributed by atoms with Gasteiger partial charge in [0.1, 0.15) is 0 Å². The molecule has 1 aliphatic heterocycles. The SMILES string of the molecule is O=C(/C=C/c1cn(Cc2ccccc2)nc1-c1ccccc1)N1CCC1. The van der Waals surface area contributed by atoms with Crippen molar-refractivity contribution >= 4 is 12.0 Å². The number of amides is 1. The van der Waals surface area contributed by atoms with Gasteiger partial charge in [-0.3, -0.25) is 9.48 Å². The third-order valence-electron chi connectivity index (χ3n) is 4.60. The molecule has 0 saturated carbocycles. The quantitative estimate of drug-likeness (QED) is 0.660. The summed E-state index contributed by atoms with van der Waals surface area (Å²) >= 11 is 0. The van der Waals surface area contributed by atoms with E-state index in [1.165, 1.54) is 5.56 Å². The number of rotatable bonds is 5. The van der Waals surface area contributed by atoms with Gasteiger partial charge in [-0.05, 0) is 18.1 Å². The molecule has 4 nitrogen and oxygen atoms in total. The fourth-order valence-electron chi connectivity index (χ4n) is 3.03. The van der Waals surface area contributed by atoms with Crippen LogP contribution in [-0.2, 0) is 11.3 Å². The van der Waals surface area contributed by atoms with E-state index in [1.807, 2.05) is 70.4 Å². The standard InChI is InChI=1S/C22H21N3O/c26-21(24-14-7-15-24)13-12-20-17-25(16-18-8-3-1-4-9-18)23-22(20)19-10-5-2-6-11-19/h1-6,8-13,17H,7,14-16H2/b13-12+. The summed E-state index contributed by atoms with van der Waals surface area (Å²) in [4.78, 5) is 14.0. The first-order valence-electron chi connectivity index (χ1n) is 8.93. The molecule has 1 fully saturated rings. The first-order chi connectivity index (χ1) is 12.8. The molecule has 26 heavy (non-hydrogen) atoms. The summed E-state index contributed by atoms with van der Waals surface area (Å²) in [6.07, 6.45) is 6.66. The molecule has 1 saturated heterocycles. The Bertz CT molecular complexity index is 909. The minimum atomic E-state index is 0.0751. The van der Waals surface area contributed by atoms with Gasteiger partial charge in [0.15, 0.2) is 0 Å². The van der Waals surface area contributed by atoms with E-state index in [9.17, 15) is 4.79 Å². The van der Waals surface area contributed by atoms with Crippen LogP contribution in [0.3, 0.4) is 0 Å². The Balaban J connectivity index is 1.64. The van der Waals surface area contributed by atoms with Crippen molar-refractivity contribution in [2.24, 2.45) is 0 Å². The van der Waals surface area contributed by atoms with Crippen LogP contribution in [0.2, 0.25) is 0 Å². The van der Waals surface area contributed by atoms with Gasteiger partial charge in [-0.25, -0.2) is 0 Å². The zero-order chi connectivity index (χ0) is 17.8. The van der Waals surface area contributed by atoms with Crippen LogP contribution in [0.5, 0.6) is 0 Å². The largest absolute Gasteiger partial charge is 0.339 e.